The van der Waals surface area contributed by atoms with E-state index >= 15 is 0 Å². The summed E-state index contributed by atoms with van der Waals surface area (Å²) < 4.78 is 2.17. The first kappa shape index (κ1) is 24.2. The molecule has 0 radical (unpaired) electrons. The van der Waals surface area contributed by atoms with Crippen molar-refractivity contribution in [3.63, 3.8) is 0 Å². The van der Waals surface area contributed by atoms with Crippen LogP contribution in [0.2, 0.25) is 0 Å². The molecule has 7 rings (SSSR count). The Hall–Kier alpha value is -3.81. The number of pyridine rings is 1. The van der Waals surface area contributed by atoms with Gasteiger partial charge in [0.2, 0.25) is 0 Å². The van der Waals surface area contributed by atoms with Crippen LogP contribution in [-0.4, -0.2) is 68.4 Å². The van der Waals surface area contributed by atoms with E-state index in [0.717, 1.165) is 57.6 Å². The lowest BCUT2D eigenvalue weighted by Gasteiger charge is -2.46. The quantitative estimate of drug-likeness (QED) is 0.333. The second-order valence-electron chi connectivity index (χ2n) is 11.3. The van der Waals surface area contributed by atoms with Crippen LogP contribution >= 0.6 is 0 Å². The van der Waals surface area contributed by atoms with Crippen molar-refractivity contribution in [1.29, 1.82) is 0 Å². The van der Waals surface area contributed by atoms with E-state index in [0.29, 0.717) is 23.8 Å². The molecule has 5 aromatic rings. The van der Waals surface area contributed by atoms with Gasteiger partial charge >= 0.3 is 0 Å². The summed E-state index contributed by atoms with van der Waals surface area (Å²) in [6, 6.07) is 22.2. The molecule has 0 amide bonds. The van der Waals surface area contributed by atoms with Crippen LogP contribution in [0.4, 0.5) is 5.82 Å². The van der Waals surface area contributed by atoms with Crippen molar-refractivity contribution in [1.82, 2.24) is 29.2 Å². The van der Waals surface area contributed by atoms with Gasteiger partial charge in [0.1, 0.15) is 22.9 Å². The van der Waals surface area contributed by atoms with Crippen LogP contribution in [0.3, 0.4) is 0 Å². The van der Waals surface area contributed by atoms with E-state index in [2.05, 4.69) is 75.7 Å². The van der Waals surface area contributed by atoms with Gasteiger partial charge in [-0.05, 0) is 65.0 Å². The van der Waals surface area contributed by atoms with Crippen LogP contribution in [0.1, 0.15) is 37.4 Å². The number of hydrogen-bond donors (Lipinski definition) is 1. The van der Waals surface area contributed by atoms with Crippen LogP contribution in [0.15, 0.2) is 73.1 Å². The minimum Gasteiger partial charge on any atom is -0.382 e. The lowest BCUT2D eigenvalue weighted by Crippen LogP contribution is -2.50. The molecule has 0 atom stereocenters. The summed E-state index contributed by atoms with van der Waals surface area (Å²) in [5.74, 6) is 2.01. The van der Waals surface area contributed by atoms with Gasteiger partial charge in [-0.1, -0.05) is 48.5 Å². The molecule has 39 heavy (non-hydrogen) atoms. The lowest BCUT2D eigenvalue weighted by atomic mass is 9.78. The molecule has 2 fully saturated rings. The summed E-state index contributed by atoms with van der Waals surface area (Å²) in [4.78, 5) is 19.7. The molecule has 2 N–H and O–H groups in total. The molecule has 0 unspecified atom stereocenters. The molecule has 7 heteroatoms. The molecule has 198 valence electrons. The third-order valence-electron chi connectivity index (χ3n) is 8.96. The van der Waals surface area contributed by atoms with Gasteiger partial charge in [-0.3, -0.25) is 4.40 Å². The van der Waals surface area contributed by atoms with E-state index in [1.165, 1.54) is 25.9 Å². The summed E-state index contributed by atoms with van der Waals surface area (Å²) in [6.07, 6.45) is 8.57. The van der Waals surface area contributed by atoms with Gasteiger partial charge in [-0.15, -0.1) is 0 Å². The molecule has 7 nitrogen and oxygen atoms in total. The van der Waals surface area contributed by atoms with Gasteiger partial charge in [-0.2, -0.15) is 0 Å². The summed E-state index contributed by atoms with van der Waals surface area (Å²) in [5, 5.41) is 1.10. The number of nitrogens with zero attached hydrogens (tertiary/aromatic N) is 6. The zero-order valence-corrected chi connectivity index (χ0v) is 22.7. The maximum absolute atomic E-state index is 6.46. The van der Waals surface area contributed by atoms with Gasteiger partial charge < -0.3 is 15.5 Å². The fraction of sp³-hybridized carbons (Fsp3) is 0.344. The van der Waals surface area contributed by atoms with Crippen molar-refractivity contribution >= 4 is 22.2 Å². The molecule has 0 spiro atoms. The van der Waals surface area contributed by atoms with Gasteiger partial charge in [0.25, 0.3) is 0 Å². The summed E-state index contributed by atoms with van der Waals surface area (Å²) in [6.45, 7) is 2.39. The number of likely N-dealkylation sites (tertiary alicyclic amines) is 1. The minimum absolute atomic E-state index is 0.412. The predicted molar refractivity (Wildman–Crippen MR) is 158 cm³/mol. The molecule has 4 heterocycles. The first-order chi connectivity index (χ1) is 19.0. The van der Waals surface area contributed by atoms with Crippen molar-refractivity contribution in [3.8, 4) is 22.5 Å². The fourth-order valence-electron chi connectivity index (χ4n) is 6.44. The van der Waals surface area contributed by atoms with Crippen molar-refractivity contribution in [2.45, 2.75) is 43.7 Å². The van der Waals surface area contributed by atoms with Crippen LogP contribution < -0.4 is 5.73 Å². The number of nitrogen functional groups attached to an aromatic ring is 1. The first-order valence-electron chi connectivity index (χ1n) is 14.0. The van der Waals surface area contributed by atoms with Crippen LogP contribution in [0.5, 0.6) is 0 Å². The molecule has 1 aliphatic heterocycles. The monoisotopic (exact) mass is 517 g/mol. The molecule has 1 saturated carbocycles. The highest BCUT2D eigenvalue weighted by Gasteiger charge is 2.39. The number of aromatic nitrogens is 4. The molecule has 1 aliphatic carbocycles. The number of fused-ring (bicyclic) bond motifs is 2. The molecular formula is C32H35N7. The van der Waals surface area contributed by atoms with Crippen molar-refractivity contribution in [2.75, 3.05) is 32.9 Å². The third-order valence-corrected chi connectivity index (χ3v) is 8.96. The van der Waals surface area contributed by atoms with E-state index in [4.69, 9.17) is 15.7 Å². The Balaban J connectivity index is 1.21. The van der Waals surface area contributed by atoms with Crippen molar-refractivity contribution < 1.29 is 0 Å². The van der Waals surface area contributed by atoms with E-state index in [1.54, 1.807) is 6.20 Å². The SMILES string of the molecule is CN1CCC(N(C)[C@H]2C[C@@H](c3nc(-c4ccc5ccc(-c6ccccc6)nc5c4)c4c(N)nccn43)C2)CC1. The summed E-state index contributed by atoms with van der Waals surface area (Å²) in [7, 11) is 4.55. The number of nitrogens with two attached hydrogens (primary N) is 1. The van der Waals surface area contributed by atoms with Crippen molar-refractivity contribution in [2.24, 2.45) is 0 Å². The first-order valence-corrected chi connectivity index (χ1v) is 14.0. The normalized spacial score (nSPS) is 20.6. The maximum Gasteiger partial charge on any atom is 0.150 e. The van der Waals surface area contributed by atoms with E-state index in [1.807, 2.05) is 24.4 Å². The zero-order chi connectivity index (χ0) is 26.5. The van der Waals surface area contributed by atoms with Gasteiger partial charge in [-0.25, -0.2) is 15.0 Å². The van der Waals surface area contributed by atoms with Gasteiger partial charge in [0.05, 0.1) is 11.2 Å². The standard InChI is InChI=1S/C32H35N7/c1-37-15-12-25(13-16-37)38(2)26-18-24(19-26)32-36-29(30-31(33)34-14-17-39(30)32)23-9-8-22-10-11-27(35-28(22)20-23)21-6-4-3-5-7-21/h3-11,14,17,20,24-26H,12-13,15-16,18-19H2,1-2H3,(H2,33,34)/t24-,26+. The Morgan fingerprint density at radius 2 is 1.67 bits per heavy atom. The Bertz CT molecular complexity index is 1630. The van der Waals surface area contributed by atoms with Crippen LogP contribution in [0, 0.1) is 0 Å². The highest BCUT2D eigenvalue weighted by Crippen LogP contribution is 2.42. The van der Waals surface area contributed by atoms with Crippen LogP contribution in [0.25, 0.3) is 38.9 Å². The summed E-state index contributed by atoms with van der Waals surface area (Å²) >= 11 is 0. The topological polar surface area (TPSA) is 75.6 Å². The second kappa shape index (κ2) is 9.74. The molecule has 1 saturated heterocycles. The minimum atomic E-state index is 0.412. The van der Waals surface area contributed by atoms with Crippen LogP contribution in [-0.2, 0) is 0 Å². The highest BCUT2D eigenvalue weighted by atomic mass is 15.2. The number of imidazole rings is 1. The van der Waals surface area contributed by atoms with E-state index in [-0.39, 0.29) is 0 Å². The van der Waals surface area contributed by atoms with Gasteiger partial charge in [0.15, 0.2) is 0 Å². The Kier molecular flexibility index (Phi) is 6.05. The lowest BCUT2D eigenvalue weighted by molar-refractivity contribution is 0.0571. The summed E-state index contributed by atoms with van der Waals surface area (Å²) in [5.41, 5.74) is 12.3. The third kappa shape index (κ3) is 4.36. The van der Waals surface area contributed by atoms with E-state index in [9.17, 15) is 0 Å². The molecule has 0 bridgehead atoms. The fourth-order valence-corrected chi connectivity index (χ4v) is 6.44. The number of benzene rings is 2. The largest absolute Gasteiger partial charge is 0.382 e. The zero-order valence-electron chi connectivity index (χ0n) is 22.7. The number of rotatable bonds is 5. The number of hydrogen-bond acceptors (Lipinski definition) is 6. The molecule has 2 aromatic carbocycles. The Morgan fingerprint density at radius 3 is 2.46 bits per heavy atom. The molecule has 3 aromatic heterocycles. The smallest absolute Gasteiger partial charge is 0.150 e. The second-order valence-corrected chi connectivity index (χ2v) is 11.3. The molecule has 2 aliphatic rings. The number of anilines is 1. The molecular weight excluding hydrogens is 482 g/mol. The van der Waals surface area contributed by atoms with Gasteiger partial charge in [0, 0.05) is 46.9 Å². The maximum atomic E-state index is 6.46. The average Bonchev–Trinajstić information content (AvgIpc) is 3.33. The highest BCUT2D eigenvalue weighted by molar-refractivity contribution is 5.91. The van der Waals surface area contributed by atoms with Crippen molar-refractivity contribution in [3.05, 3.63) is 78.9 Å². The Morgan fingerprint density at radius 1 is 0.897 bits per heavy atom. The Labute approximate surface area is 229 Å². The predicted octanol–water partition coefficient (Wildman–Crippen LogP) is 5.47. The van der Waals surface area contributed by atoms with E-state index < -0.39 is 0 Å². The number of piperidine rings is 1. The average molecular weight is 518 g/mol.